The van der Waals surface area contributed by atoms with Gasteiger partial charge in [-0.25, -0.2) is 4.79 Å². The molecule has 0 fully saturated rings. The van der Waals surface area contributed by atoms with Crippen molar-refractivity contribution in [3.8, 4) is 0 Å². The second-order valence-electron chi connectivity index (χ2n) is 4.94. The van der Waals surface area contributed by atoms with Crippen molar-refractivity contribution in [2.45, 2.75) is 40.0 Å². The molecule has 21 heavy (non-hydrogen) atoms. The molecule has 0 radical (unpaired) electrons. The number of hydrogen-bond donors (Lipinski definition) is 3. The first-order valence-electron chi connectivity index (χ1n) is 7.41. The Bertz CT molecular complexity index is 478. The molecule has 0 aliphatic heterocycles. The third-order valence-corrected chi connectivity index (χ3v) is 3.59. The molecule has 0 saturated heterocycles. The third kappa shape index (κ3) is 4.77. The number of urea groups is 1. The summed E-state index contributed by atoms with van der Waals surface area (Å²) in [6.45, 7) is 6.00. The summed E-state index contributed by atoms with van der Waals surface area (Å²) in [4.78, 5) is 22.9. The largest absolute Gasteiger partial charge is 0.481 e. The van der Waals surface area contributed by atoms with E-state index in [-0.39, 0.29) is 12.6 Å². The van der Waals surface area contributed by atoms with Gasteiger partial charge in [-0.1, -0.05) is 39.0 Å². The second kappa shape index (κ2) is 8.29. The quantitative estimate of drug-likeness (QED) is 0.722. The number of nitrogens with one attached hydrogen (secondary N) is 2. The van der Waals surface area contributed by atoms with E-state index in [1.165, 1.54) is 0 Å². The molecule has 0 aliphatic rings. The smallest absolute Gasteiger partial charge is 0.319 e. The molecule has 0 aliphatic carbocycles. The molecule has 0 spiro atoms. The predicted octanol–water partition coefficient (Wildman–Crippen LogP) is 3.04. The lowest BCUT2D eigenvalue weighted by molar-refractivity contribution is -0.141. The van der Waals surface area contributed by atoms with E-state index in [1.54, 1.807) is 6.92 Å². The number of rotatable bonds is 7. The molecule has 116 valence electrons. The fraction of sp³-hybridized carbons (Fsp3) is 0.500. The van der Waals surface area contributed by atoms with Crippen LogP contribution in [0, 0.1) is 5.92 Å². The highest BCUT2D eigenvalue weighted by Crippen LogP contribution is 2.22. The maximum atomic E-state index is 12.0. The van der Waals surface area contributed by atoms with Gasteiger partial charge in [-0.05, 0) is 30.4 Å². The molecule has 1 aromatic rings. The molecule has 1 rings (SSSR count). The summed E-state index contributed by atoms with van der Waals surface area (Å²) >= 11 is 0. The van der Waals surface area contributed by atoms with Crippen molar-refractivity contribution >= 4 is 17.7 Å². The van der Waals surface area contributed by atoms with Crippen molar-refractivity contribution in [2.75, 3.05) is 11.9 Å². The minimum atomic E-state index is -0.888. The third-order valence-electron chi connectivity index (χ3n) is 3.59. The molecule has 5 nitrogen and oxygen atoms in total. The van der Waals surface area contributed by atoms with Gasteiger partial charge in [0.2, 0.25) is 0 Å². The number of carboxylic acid groups (broad SMARTS) is 1. The molecular formula is C16H24N2O3. The van der Waals surface area contributed by atoms with Crippen LogP contribution in [-0.4, -0.2) is 23.7 Å². The molecule has 1 unspecified atom stereocenters. The van der Waals surface area contributed by atoms with Crippen LogP contribution in [0.15, 0.2) is 18.2 Å². The molecule has 0 bridgehead atoms. The molecular weight excluding hydrogens is 268 g/mol. The Morgan fingerprint density at radius 3 is 2.14 bits per heavy atom. The van der Waals surface area contributed by atoms with Crippen LogP contribution in [0.2, 0.25) is 0 Å². The summed E-state index contributed by atoms with van der Waals surface area (Å²) in [6.07, 6.45) is 2.15. The number of anilines is 1. The normalized spacial score (nSPS) is 11.8. The van der Waals surface area contributed by atoms with Crippen LogP contribution in [0.4, 0.5) is 10.5 Å². The zero-order valence-corrected chi connectivity index (χ0v) is 12.9. The molecule has 0 heterocycles. The minimum absolute atomic E-state index is 0.132. The van der Waals surface area contributed by atoms with E-state index in [0.29, 0.717) is 6.42 Å². The number of carboxylic acids is 1. The van der Waals surface area contributed by atoms with Gasteiger partial charge in [0.1, 0.15) is 0 Å². The van der Waals surface area contributed by atoms with Crippen molar-refractivity contribution in [3.63, 3.8) is 0 Å². The summed E-state index contributed by atoms with van der Waals surface area (Å²) in [5.74, 6) is -1.44. The van der Waals surface area contributed by atoms with Crippen molar-refractivity contribution in [2.24, 2.45) is 5.92 Å². The number of carbonyl (C=O) groups is 2. The van der Waals surface area contributed by atoms with Crippen LogP contribution in [0.25, 0.3) is 0 Å². The lowest BCUT2D eigenvalue weighted by Crippen LogP contribution is -2.36. The van der Waals surface area contributed by atoms with Gasteiger partial charge >= 0.3 is 12.0 Å². The lowest BCUT2D eigenvalue weighted by Gasteiger charge is -2.16. The van der Waals surface area contributed by atoms with E-state index >= 15 is 0 Å². The Morgan fingerprint density at radius 2 is 1.71 bits per heavy atom. The Hall–Kier alpha value is -2.04. The highest BCUT2D eigenvalue weighted by Gasteiger charge is 2.16. The maximum absolute atomic E-state index is 12.0. The van der Waals surface area contributed by atoms with Crippen LogP contribution in [-0.2, 0) is 17.6 Å². The Kier molecular flexibility index (Phi) is 6.72. The van der Waals surface area contributed by atoms with Crippen LogP contribution < -0.4 is 10.6 Å². The van der Waals surface area contributed by atoms with Gasteiger partial charge in [-0.2, -0.15) is 0 Å². The Balaban J connectivity index is 2.73. The van der Waals surface area contributed by atoms with Gasteiger partial charge < -0.3 is 15.7 Å². The van der Waals surface area contributed by atoms with E-state index < -0.39 is 11.9 Å². The van der Waals surface area contributed by atoms with Gasteiger partial charge in [0.05, 0.1) is 5.92 Å². The van der Waals surface area contributed by atoms with Gasteiger partial charge in [-0.15, -0.1) is 0 Å². The number of para-hydroxylation sites is 1. The molecule has 1 aromatic carbocycles. The molecule has 2 amide bonds. The topological polar surface area (TPSA) is 78.4 Å². The zero-order valence-electron chi connectivity index (χ0n) is 12.9. The average molecular weight is 292 g/mol. The van der Waals surface area contributed by atoms with Crippen LogP contribution in [0.1, 0.15) is 38.3 Å². The van der Waals surface area contributed by atoms with Gasteiger partial charge in [0.25, 0.3) is 0 Å². The number of carbonyl (C=O) groups excluding carboxylic acids is 1. The first kappa shape index (κ1) is 17.0. The SMILES string of the molecule is CCc1cccc(CC)c1NC(=O)NCC(CC)C(=O)O. The first-order chi connectivity index (χ1) is 10.0. The second-order valence-corrected chi connectivity index (χ2v) is 4.94. The first-order valence-corrected chi connectivity index (χ1v) is 7.41. The number of amides is 2. The summed E-state index contributed by atoms with van der Waals surface area (Å²) in [5, 5.41) is 14.5. The number of benzene rings is 1. The number of hydrogen-bond acceptors (Lipinski definition) is 2. The fourth-order valence-electron chi connectivity index (χ4n) is 2.18. The molecule has 0 saturated carbocycles. The van der Waals surface area contributed by atoms with Crippen molar-refractivity contribution in [3.05, 3.63) is 29.3 Å². The molecule has 3 N–H and O–H groups in total. The monoisotopic (exact) mass is 292 g/mol. The summed E-state index contributed by atoms with van der Waals surface area (Å²) in [5.41, 5.74) is 2.99. The van der Waals surface area contributed by atoms with Gasteiger partial charge in [0.15, 0.2) is 0 Å². The standard InChI is InChI=1S/C16H24N2O3/c1-4-11-8-7-9-12(5-2)14(11)18-16(21)17-10-13(6-3)15(19)20/h7-9,13H,4-6,10H2,1-3H3,(H,19,20)(H2,17,18,21). The number of aliphatic carboxylic acids is 1. The molecule has 5 heteroatoms. The molecule has 0 aromatic heterocycles. The maximum Gasteiger partial charge on any atom is 0.319 e. The highest BCUT2D eigenvalue weighted by atomic mass is 16.4. The lowest BCUT2D eigenvalue weighted by atomic mass is 10.0. The van der Waals surface area contributed by atoms with Crippen molar-refractivity contribution in [1.29, 1.82) is 0 Å². The van der Waals surface area contributed by atoms with E-state index in [1.807, 2.05) is 32.0 Å². The van der Waals surface area contributed by atoms with Crippen LogP contribution in [0.3, 0.4) is 0 Å². The fourth-order valence-corrected chi connectivity index (χ4v) is 2.18. The van der Waals surface area contributed by atoms with E-state index in [4.69, 9.17) is 5.11 Å². The van der Waals surface area contributed by atoms with Crippen LogP contribution >= 0.6 is 0 Å². The summed E-state index contributed by atoms with van der Waals surface area (Å²) in [6, 6.07) is 5.60. The van der Waals surface area contributed by atoms with E-state index in [9.17, 15) is 9.59 Å². The average Bonchev–Trinajstić information content (AvgIpc) is 2.47. The van der Waals surface area contributed by atoms with Crippen molar-refractivity contribution < 1.29 is 14.7 Å². The van der Waals surface area contributed by atoms with E-state index in [2.05, 4.69) is 10.6 Å². The predicted molar refractivity (Wildman–Crippen MR) is 83.6 cm³/mol. The zero-order chi connectivity index (χ0) is 15.8. The van der Waals surface area contributed by atoms with Gasteiger partial charge in [-0.3, -0.25) is 4.79 Å². The summed E-state index contributed by atoms with van der Waals surface area (Å²) in [7, 11) is 0. The number of aryl methyl sites for hydroxylation is 2. The van der Waals surface area contributed by atoms with Crippen LogP contribution in [0.5, 0.6) is 0 Å². The minimum Gasteiger partial charge on any atom is -0.481 e. The Labute approximate surface area is 125 Å². The van der Waals surface area contributed by atoms with Crippen molar-refractivity contribution in [1.82, 2.24) is 5.32 Å². The molecule has 1 atom stereocenters. The highest BCUT2D eigenvalue weighted by molar-refractivity contribution is 5.91. The van der Waals surface area contributed by atoms with E-state index in [0.717, 1.165) is 29.7 Å². The van der Waals surface area contributed by atoms with Gasteiger partial charge in [0, 0.05) is 12.2 Å². The summed E-state index contributed by atoms with van der Waals surface area (Å²) < 4.78 is 0. The Morgan fingerprint density at radius 1 is 1.14 bits per heavy atom.